The van der Waals surface area contributed by atoms with E-state index in [9.17, 15) is 4.79 Å². The number of nitrogens with zero attached hydrogens (tertiary/aromatic N) is 5. The minimum Gasteiger partial charge on any atom is -0.379 e. The van der Waals surface area contributed by atoms with Gasteiger partial charge in [0.2, 0.25) is 5.91 Å². The summed E-state index contributed by atoms with van der Waals surface area (Å²) in [6, 6.07) is 14.3. The first-order valence-corrected chi connectivity index (χ1v) is 11.9. The van der Waals surface area contributed by atoms with Crippen molar-refractivity contribution < 1.29 is 9.53 Å². The summed E-state index contributed by atoms with van der Waals surface area (Å²) < 4.78 is 7.33. The van der Waals surface area contributed by atoms with E-state index < -0.39 is 0 Å². The summed E-state index contributed by atoms with van der Waals surface area (Å²) in [5, 5.41) is 8.00. The number of amides is 1. The molecule has 2 aliphatic heterocycles. The number of morpholine rings is 1. The molecule has 0 saturated carbocycles. The molecule has 4 heterocycles. The van der Waals surface area contributed by atoms with Gasteiger partial charge in [-0.1, -0.05) is 30.3 Å². The fourth-order valence-electron chi connectivity index (χ4n) is 4.73. The molecule has 0 unspecified atom stereocenters. The Morgan fingerprint density at radius 2 is 1.85 bits per heavy atom. The van der Waals surface area contributed by atoms with Crippen LogP contribution < -0.4 is 10.2 Å². The Morgan fingerprint density at radius 3 is 2.61 bits per heavy atom. The topological polar surface area (TPSA) is 75.0 Å². The number of ether oxygens (including phenoxy) is 1. The number of piperidine rings is 1. The number of carbonyl (C=O) groups excluding carboxylic acids is 1. The van der Waals surface area contributed by atoms with Crippen LogP contribution >= 0.6 is 0 Å². The second-order valence-electron chi connectivity index (χ2n) is 8.93. The van der Waals surface area contributed by atoms with Crippen molar-refractivity contribution in [1.82, 2.24) is 24.8 Å². The highest BCUT2D eigenvalue weighted by molar-refractivity contribution is 5.79. The average molecular weight is 449 g/mol. The maximum atomic E-state index is 12.7. The molecule has 0 atom stereocenters. The van der Waals surface area contributed by atoms with Crippen LogP contribution in [-0.2, 0) is 9.53 Å². The summed E-state index contributed by atoms with van der Waals surface area (Å²) in [6.45, 7) is 8.77. The number of aryl methyl sites for hydroxylation is 1. The van der Waals surface area contributed by atoms with E-state index in [1.54, 1.807) is 0 Å². The molecule has 2 aromatic heterocycles. The second kappa shape index (κ2) is 9.89. The van der Waals surface area contributed by atoms with Crippen molar-refractivity contribution in [3.8, 4) is 11.3 Å². The van der Waals surface area contributed by atoms with Gasteiger partial charge in [-0.15, -0.1) is 0 Å². The second-order valence-corrected chi connectivity index (χ2v) is 8.93. The molecular formula is C25H32N6O2. The lowest BCUT2D eigenvalue weighted by Gasteiger charge is -2.33. The summed E-state index contributed by atoms with van der Waals surface area (Å²) in [5.74, 6) is 1.30. The Morgan fingerprint density at radius 1 is 1.09 bits per heavy atom. The summed E-state index contributed by atoms with van der Waals surface area (Å²) in [4.78, 5) is 22.1. The number of rotatable bonds is 6. The Kier molecular flexibility index (Phi) is 6.55. The molecule has 8 nitrogen and oxygen atoms in total. The molecule has 8 heteroatoms. The number of nitrogens with one attached hydrogen (secondary N) is 1. The maximum Gasteiger partial charge on any atom is 0.223 e. The van der Waals surface area contributed by atoms with Gasteiger partial charge >= 0.3 is 0 Å². The van der Waals surface area contributed by atoms with Gasteiger partial charge in [0, 0.05) is 68.6 Å². The number of anilines is 1. The van der Waals surface area contributed by atoms with Crippen LogP contribution in [-0.4, -0.2) is 77.9 Å². The van der Waals surface area contributed by atoms with Crippen LogP contribution in [0.25, 0.3) is 16.9 Å². The lowest BCUT2D eigenvalue weighted by Crippen LogP contribution is -2.44. The van der Waals surface area contributed by atoms with E-state index in [1.165, 1.54) is 0 Å². The maximum absolute atomic E-state index is 12.7. The lowest BCUT2D eigenvalue weighted by atomic mass is 9.96. The average Bonchev–Trinajstić information content (AvgIpc) is 3.29. The predicted molar refractivity (Wildman–Crippen MR) is 128 cm³/mol. The SMILES string of the molecule is Cc1cc(N2CCC(C(=O)NCCN3CCOCC3)CC2)n2nc(-c3ccccc3)cc2n1. The smallest absolute Gasteiger partial charge is 0.223 e. The molecule has 5 rings (SSSR count). The third kappa shape index (κ3) is 5.02. The van der Waals surface area contributed by atoms with E-state index in [4.69, 9.17) is 14.8 Å². The highest BCUT2D eigenvalue weighted by Crippen LogP contribution is 2.27. The highest BCUT2D eigenvalue weighted by Gasteiger charge is 2.26. The van der Waals surface area contributed by atoms with E-state index in [2.05, 4.69) is 33.3 Å². The molecule has 2 fully saturated rings. The molecule has 33 heavy (non-hydrogen) atoms. The third-order valence-electron chi connectivity index (χ3n) is 6.63. The van der Waals surface area contributed by atoms with E-state index in [0.29, 0.717) is 6.54 Å². The molecule has 0 spiro atoms. The number of hydrogen-bond donors (Lipinski definition) is 1. The molecule has 174 valence electrons. The lowest BCUT2D eigenvalue weighted by molar-refractivity contribution is -0.125. The van der Waals surface area contributed by atoms with Crippen LogP contribution in [0.5, 0.6) is 0 Å². The summed E-state index contributed by atoms with van der Waals surface area (Å²) >= 11 is 0. The molecule has 0 bridgehead atoms. The van der Waals surface area contributed by atoms with Gasteiger partial charge in [-0.2, -0.15) is 9.61 Å². The number of fused-ring (bicyclic) bond motifs is 1. The van der Waals surface area contributed by atoms with E-state index in [1.807, 2.05) is 35.7 Å². The quantitative estimate of drug-likeness (QED) is 0.624. The first-order chi connectivity index (χ1) is 16.2. The van der Waals surface area contributed by atoms with Crippen LogP contribution in [0, 0.1) is 12.8 Å². The highest BCUT2D eigenvalue weighted by atomic mass is 16.5. The number of benzene rings is 1. The first-order valence-electron chi connectivity index (χ1n) is 11.9. The van der Waals surface area contributed by atoms with Gasteiger partial charge in [0.05, 0.1) is 18.9 Å². The summed E-state index contributed by atoms with van der Waals surface area (Å²) in [6.07, 6.45) is 1.69. The Hall–Kier alpha value is -2.97. The Labute approximate surface area is 194 Å². The zero-order valence-electron chi connectivity index (χ0n) is 19.2. The van der Waals surface area contributed by atoms with Crippen LogP contribution in [0.4, 0.5) is 5.82 Å². The van der Waals surface area contributed by atoms with Crippen molar-refractivity contribution in [1.29, 1.82) is 0 Å². The standard InChI is InChI=1S/C25H32N6O2/c1-19-17-24(31-23(27-19)18-22(28-31)20-5-3-2-4-6-20)30-10-7-21(8-11-30)25(32)26-9-12-29-13-15-33-16-14-29/h2-6,17-18,21H,7-16H2,1H3,(H,26,32). The van der Waals surface area contributed by atoms with Gasteiger partial charge in [-0.05, 0) is 19.8 Å². The van der Waals surface area contributed by atoms with Crippen molar-refractivity contribution in [3.63, 3.8) is 0 Å². The number of hydrogen-bond acceptors (Lipinski definition) is 6. The molecule has 0 radical (unpaired) electrons. The first kappa shape index (κ1) is 21.9. The molecule has 2 saturated heterocycles. The fraction of sp³-hybridized carbons (Fsp3) is 0.480. The summed E-state index contributed by atoms with van der Waals surface area (Å²) in [7, 11) is 0. The summed E-state index contributed by atoms with van der Waals surface area (Å²) in [5.41, 5.74) is 3.83. The van der Waals surface area contributed by atoms with Crippen molar-refractivity contribution in [2.75, 3.05) is 57.4 Å². The number of carbonyl (C=O) groups is 1. The van der Waals surface area contributed by atoms with Gasteiger partial charge in [0.25, 0.3) is 0 Å². The van der Waals surface area contributed by atoms with Crippen LogP contribution in [0.1, 0.15) is 18.5 Å². The van der Waals surface area contributed by atoms with E-state index in [0.717, 1.165) is 87.2 Å². The molecule has 1 N–H and O–H groups in total. The van der Waals surface area contributed by atoms with Crippen molar-refractivity contribution >= 4 is 17.4 Å². The van der Waals surface area contributed by atoms with Gasteiger partial charge in [0.15, 0.2) is 5.65 Å². The third-order valence-corrected chi connectivity index (χ3v) is 6.63. The van der Waals surface area contributed by atoms with Gasteiger partial charge in [0.1, 0.15) is 5.82 Å². The molecule has 0 aliphatic carbocycles. The van der Waals surface area contributed by atoms with Crippen LogP contribution in [0.3, 0.4) is 0 Å². The van der Waals surface area contributed by atoms with Gasteiger partial charge in [-0.25, -0.2) is 4.98 Å². The van der Waals surface area contributed by atoms with E-state index >= 15 is 0 Å². The van der Waals surface area contributed by atoms with Gasteiger partial charge < -0.3 is 15.0 Å². The minimum atomic E-state index is 0.0712. The fourth-order valence-corrected chi connectivity index (χ4v) is 4.73. The molecule has 3 aromatic rings. The Balaban J connectivity index is 1.22. The molecule has 1 amide bonds. The zero-order valence-corrected chi connectivity index (χ0v) is 19.2. The van der Waals surface area contributed by atoms with Crippen LogP contribution in [0.2, 0.25) is 0 Å². The monoisotopic (exact) mass is 448 g/mol. The van der Waals surface area contributed by atoms with E-state index in [-0.39, 0.29) is 11.8 Å². The molecule has 2 aliphatic rings. The molecular weight excluding hydrogens is 416 g/mol. The number of aromatic nitrogens is 3. The van der Waals surface area contributed by atoms with Gasteiger partial charge in [-0.3, -0.25) is 9.69 Å². The largest absolute Gasteiger partial charge is 0.379 e. The minimum absolute atomic E-state index is 0.0712. The Bertz CT molecular complexity index is 1080. The van der Waals surface area contributed by atoms with Crippen molar-refractivity contribution in [2.45, 2.75) is 19.8 Å². The van der Waals surface area contributed by atoms with Crippen LogP contribution in [0.15, 0.2) is 42.5 Å². The zero-order chi connectivity index (χ0) is 22.6. The molecule has 1 aromatic carbocycles. The van der Waals surface area contributed by atoms with Crippen molar-refractivity contribution in [3.05, 3.63) is 48.2 Å². The van der Waals surface area contributed by atoms with Crippen molar-refractivity contribution in [2.24, 2.45) is 5.92 Å². The predicted octanol–water partition coefficient (Wildman–Crippen LogP) is 2.37. The normalized spacial score (nSPS) is 18.0.